The molecule has 1 aromatic carbocycles. The lowest BCUT2D eigenvalue weighted by Gasteiger charge is -2.26. The summed E-state index contributed by atoms with van der Waals surface area (Å²) >= 11 is 0. The maximum Gasteiger partial charge on any atom is 0.241 e. The summed E-state index contributed by atoms with van der Waals surface area (Å²) in [4.78, 5) is 14.0. The lowest BCUT2D eigenvalue weighted by atomic mass is 10.0. The second kappa shape index (κ2) is 9.19. The molecule has 0 atom stereocenters. The number of primary sulfonamides is 1. The SMILES string of the molecule is CC(C)c1c(N2CCOc3ccc(-c4cnc(N)c(S(N)(=O)=O)c4)cc3C2)nc(N)nc1S(C)(=O)=O. The van der Waals surface area contributed by atoms with Gasteiger partial charge in [-0.3, -0.25) is 0 Å². The number of nitrogens with zero attached hydrogens (tertiary/aromatic N) is 4. The molecule has 3 aromatic rings. The zero-order valence-electron chi connectivity index (χ0n) is 20.0. The number of sulfonamides is 1. The number of rotatable bonds is 5. The van der Waals surface area contributed by atoms with Crippen molar-refractivity contribution in [1.29, 1.82) is 0 Å². The Morgan fingerprint density at radius 2 is 1.78 bits per heavy atom. The molecule has 0 radical (unpaired) electrons. The van der Waals surface area contributed by atoms with Crippen molar-refractivity contribution < 1.29 is 21.6 Å². The number of sulfone groups is 1. The van der Waals surface area contributed by atoms with E-state index < -0.39 is 19.9 Å². The number of hydrogen-bond donors (Lipinski definition) is 3. The van der Waals surface area contributed by atoms with E-state index in [1.807, 2.05) is 24.8 Å². The van der Waals surface area contributed by atoms with Crippen LogP contribution in [0.5, 0.6) is 5.75 Å². The Kier molecular flexibility index (Phi) is 6.53. The van der Waals surface area contributed by atoms with Crippen molar-refractivity contribution in [3.05, 3.63) is 41.6 Å². The largest absolute Gasteiger partial charge is 0.491 e. The van der Waals surface area contributed by atoms with Crippen LogP contribution in [0.2, 0.25) is 0 Å². The van der Waals surface area contributed by atoms with Crippen LogP contribution in [0.1, 0.15) is 30.9 Å². The highest BCUT2D eigenvalue weighted by molar-refractivity contribution is 7.90. The van der Waals surface area contributed by atoms with E-state index in [9.17, 15) is 16.8 Å². The van der Waals surface area contributed by atoms with Crippen molar-refractivity contribution in [3.63, 3.8) is 0 Å². The molecule has 4 rings (SSSR count). The Morgan fingerprint density at radius 3 is 2.42 bits per heavy atom. The molecule has 0 unspecified atom stereocenters. The smallest absolute Gasteiger partial charge is 0.241 e. The van der Waals surface area contributed by atoms with Crippen LogP contribution >= 0.6 is 0 Å². The summed E-state index contributed by atoms with van der Waals surface area (Å²) in [5, 5.41) is 5.18. The zero-order valence-corrected chi connectivity index (χ0v) is 21.6. The molecule has 0 aliphatic carbocycles. The van der Waals surface area contributed by atoms with Gasteiger partial charge in [0.1, 0.15) is 28.9 Å². The minimum atomic E-state index is -4.06. The fraction of sp³-hybridized carbons (Fsp3) is 0.318. The third-order valence-electron chi connectivity index (χ3n) is 5.70. The number of benzene rings is 1. The Balaban J connectivity index is 1.81. The summed E-state index contributed by atoms with van der Waals surface area (Å²) in [6.07, 6.45) is 2.55. The zero-order chi connectivity index (χ0) is 26.4. The maximum absolute atomic E-state index is 12.5. The van der Waals surface area contributed by atoms with E-state index in [4.69, 9.17) is 21.3 Å². The molecule has 0 saturated carbocycles. The van der Waals surface area contributed by atoms with Crippen molar-refractivity contribution in [1.82, 2.24) is 15.0 Å². The number of fused-ring (bicyclic) bond motifs is 1. The van der Waals surface area contributed by atoms with Crippen molar-refractivity contribution in [2.24, 2.45) is 5.14 Å². The maximum atomic E-state index is 12.5. The van der Waals surface area contributed by atoms with Crippen LogP contribution in [0.4, 0.5) is 17.6 Å². The number of pyridine rings is 1. The summed E-state index contributed by atoms with van der Waals surface area (Å²) in [6.45, 7) is 4.80. The molecule has 2 aromatic heterocycles. The van der Waals surface area contributed by atoms with E-state index in [1.165, 1.54) is 12.3 Å². The molecule has 0 bridgehead atoms. The Labute approximate surface area is 209 Å². The number of nitrogen functional groups attached to an aromatic ring is 2. The first-order chi connectivity index (χ1) is 16.8. The van der Waals surface area contributed by atoms with Gasteiger partial charge in [-0.1, -0.05) is 19.9 Å². The van der Waals surface area contributed by atoms with Crippen LogP contribution in [-0.2, 0) is 26.4 Å². The Hall–Kier alpha value is -3.49. The van der Waals surface area contributed by atoms with E-state index in [0.29, 0.717) is 48.0 Å². The molecule has 1 aliphatic rings. The van der Waals surface area contributed by atoms with Gasteiger partial charge < -0.3 is 21.1 Å². The first kappa shape index (κ1) is 25.6. The van der Waals surface area contributed by atoms with E-state index >= 15 is 0 Å². The van der Waals surface area contributed by atoms with Crippen molar-refractivity contribution in [2.75, 3.05) is 35.8 Å². The first-order valence-electron chi connectivity index (χ1n) is 10.9. The van der Waals surface area contributed by atoms with Gasteiger partial charge in [0, 0.05) is 35.7 Å². The number of ether oxygens (including phenoxy) is 1. The quantitative estimate of drug-likeness (QED) is 0.399. The van der Waals surface area contributed by atoms with Crippen LogP contribution < -0.4 is 26.2 Å². The van der Waals surface area contributed by atoms with Crippen molar-refractivity contribution in [2.45, 2.75) is 36.2 Å². The van der Waals surface area contributed by atoms with Crippen molar-refractivity contribution >= 4 is 37.4 Å². The molecule has 0 fully saturated rings. The van der Waals surface area contributed by atoms with Gasteiger partial charge in [-0.2, -0.15) is 4.98 Å². The monoisotopic (exact) mass is 533 g/mol. The molecule has 3 heterocycles. The van der Waals surface area contributed by atoms with Gasteiger partial charge in [-0.05, 0) is 29.7 Å². The van der Waals surface area contributed by atoms with E-state index in [0.717, 1.165) is 11.8 Å². The molecule has 0 saturated heterocycles. The lowest BCUT2D eigenvalue weighted by Crippen LogP contribution is -2.29. The lowest BCUT2D eigenvalue weighted by molar-refractivity contribution is 0.331. The van der Waals surface area contributed by atoms with Crippen LogP contribution in [0.15, 0.2) is 40.4 Å². The minimum absolute atomic E-state index is 0.0948. The summed E-state index contributed by atoms with van der Waals surface area (Å²) in [5.41, 5.74) is 14.0. The van der Waals surface area contributed by atoms with Gasteiger partial charge in [0.25, 0.3) is 0 Å². The number of aromatic nitrogens is 3. The highest BCUT2D eigenvalue weighted by atomic mass is 32.2. The second-order valence-electron chi connectivity index (χ2n) is 8.80. The summed E-state index contributed by atoms with van der Waals surface area (Å²) in [6, 6.07) is 6.76. The second-order valence-corrected chi connectivity index (χ2v) is 12.3. The Morgan fingerprint density at radius 1 is 1.06 bits per heavy atom. The summed E-state index contributed by atoms with van der Waals surface area (Å²) in [5.74, 6) is 0.531. The van der Waals surface area contributed by atoms with Crippen molar-refractivity contribution in [3.8, 4) is 16.9 Å². The van der Waals surface area contributed by atoms with Gasteiger partial charge in [-0.25, -0.2) is 31.9 Å². The molecule has 36 heavy (non-hydrogen) atoms. The van der Waals surface area contributed by atoms with Gasteiger partial charge in [0.05, 0.1) is 6.54 Å². The average Bonchev–Trinajstić information content (AvgIpc) is 2.99. The van der Waals surface area contributed by atoms with Crippen LogP contribution in [0, 0.1) is 0 Å². The molecule has 0 spiro atoms. The first-order valence-corrected chi connectivity index (χ1v) is 14.4. The topological polar surface area (TPSA) is 197 Å². The van der Waals surface area contributed by atoms with Gasteiger partial charge >= 0.3 is 0 Å². The van der Waals surface area contributed by atoms with Gasteiger partial charge in [0.15, 0.2) is 14.9 Å². The summed E-state index contributed by atoms with van der Waals surface area (Å²) < 4.78 is 54.7. The third kappa shape index (κ3) is 5.05. The number of hydrogen-bond acceptors (Lipinski definition) is 11. The molecule has 1 aliphatic heterocycles. The van der Waals surface area contributed by atoms with E-state index in [2.05, 4.69) is 15.0 Å². The molecular weight excluding hydrogens is 506 g/mol. The van der Waals surface area contributed by atoms with Gasteiger partial charge in [-0.15, -0.1) is 0 Å². The molecule has 14 heteroatoms. The number of anilines is 3. The number of nitrogens with two attached hydrogens (primary N) is 3. The molecule has 12 nitrogen and oxygen atoms in total. The fourth-order valence-electron chi connectivity index (χ4n) is 4.08. The molecule has 192 valence electrons. The van der Waals surface area contributed by atoms with Crippen LogP contribution in [-0.4, -0.2) is 51.2 Å². The van der Waals surface area contributed by atoms with E-state index in [-0.39, 0.29) is 27.6 Å². The summed E-state index contributed by atoms with van der Waals surface area (Å²) in [7, 11) is -7.72. The van der Waals surface area contributed by atoms with Crippen LogP contribution in [0.3, 0.4) is 0 Å². The molecule has 0 amide bonds. The van der Waals surface area contributed by atoms with Crippen LogP contribution in [0.25, 0.3) is 11.1 Å². The predicted octanol–water partition coefficient (Wildman–Crippen LogP) is 1.28. The highest BCUT2D eigenvalue weighted by Gasteiger charge is 2.28. The van der Waals surface area contributed by atoms with E-state index in [1.54, 1.807) is 12.1 Å². The van der Waals surface area contributed by atoms with Gasteiger partial charge in [0.2, 0.25) is 16.0 Å². The standard InChI is InChI=1S/C22H27N7O5S2/c1-12(2)18-20(27-22(24)28-21(18)35(3,30)31)29-6-7-34-16-5-4-13(8-15(16)11-29)14-9-17(36(25,32)33)19(23)26-10-14/h4-5,8-10,12H,6-7,11H2,1-3H3,(H2,23,26)(H2,24,27,28)(H2,25,32,33). The average molecular weight is 534 g/mol. The minimum Gasteiger partial charge on any atom is -0.491 e. The highest BCUT2D eigenvalue weighted by Crippen LogP contribution is 2.36. The molecule has 6 N–H and O–H groups in total. The Bertz CT molecular complexity index is 1560. The predicted molar refractivity (Wildman–Crippen MR) is 136 cm³/mol. The normalized spacial score (nSPS) is 14.3. The fourth-order valence-corrected chi connectivity index (χ4v) is 5.70. The third-order valence-corrected chi connectivity index (χ3v) is 7.65. The molecular formula is C22H27N7O5S2.